The monoisotopic (exact) mass is 253 g/mol. The van der Waals surface area contributed by atoms with E-state index in [0.717, 1.165) is 11.4 Å². The Labute approximate surface area is 101 Å². The van der Waals surface area contributed by atoms with Gasteiger partial charge in [-0.1, -0.05) is 5.10 Å². The fourth-order valence-corrected chi connectivity index (χ4v) is 1.56. The lowest BCUT2D eigenvalue weighted by atomic mass is 10.3. The second-order valence-corrected chi connectivity index (χ2v) is 3.59. The van der Waals surface area contributed by atoms with Crippen molar-refractivity contribution in [3.05, 3.63) is 24.1 Å². The summed E-state index contributed by atoms with van der Waals surface area (Å²) < 4.78 is 15.7. The Kier molecular flexibility index (Phi) is 2.49. The summed E-state index contributed by atoms with van der Waals surface area (Å²) in [4.78, 5) is 0. The second-order valence-electron chi connectivity index (χ2n) is 3.33. The maximum atomic E-state index is 5.56. The molecule has 17 heavy (non-hydrogen) atoms. The molecule has 0 spiro atoms. The molecule has 0 atom stereocenters. The number of nitrogens with zero attached hydrogens (tertiary/aromatic N) is 2. The van der Waals surface area contributed by atoms with Crippen molar-refractivity contribution in [2.75, 3.05) is 12.1 Å². The van der Waals surface area contributed by atoms with Crippen LogP contribution in [0.4, 0.5) is 11.7 Å². The van der Waals surface area contributed by atoms with Gasteiger partial charge in [-0.25, -0.2) is 0 Å². The Bertz CT molecular complexity index is 543. The minimum Gasteiger partial charge on any atom is -0.454 e. The largest absolute Gasteiger partial charge is 0.454 e. The molecule has 1 aliphatic heterocycles. The van der Waals surface area contributed by atoms with Gasteiger partial charge in [0.2, 0.25) is 12.7 Å². The van der Waals surface area contributed by atoms with E-state index in [4.69, 9.17) is 25.5 Å². The number of anilines is 2. The molecule has 2 aromatic rings. The van der Waals surface area contributed by atoms with Crippen molar-refractivity contribution in [2.45, 2.75) is 5.88 Å². The molecule has 6 nitrogen and oxygen atoms in total. The SMILES string of the molecule is ClCc1nnc(Nc2ccc3c(c2)OCO3)o1. The average Bonchev–Trinajstić information content (AvgIpc) is 2.96. The van der Waals surface area contributed by atoms with Gasteiger partial charge in [0.1, 0.15) is 5.88 Å². The molecule has 0 aliphatic carbocycles. The average molecular weight is 254 g/mol. The summed E-state index contributed by atoms with van der Waals surface area (Å²) in [5, 5.41) is 10.5. The highest BCUT2D eigenvalue weighted by atomic mass is 35.5. The summed E-state index contributed by atoms with van der Waals surface area (Å²) in [5.74, 6) is 1.97. The van der Waals surface area contributed by atoms with Crippen LogP contribution in [0.1, 0.15) is 5.89 Å². The number of halogens is 1. The molecular weight excluding hydrogens is 246 g/mol. The van der Waals surface area contributed by atoms with Gasteiger partial charge in [-0.05, 0) is 12.1 Å². The molecule has 7 heteroatoms. The topological polar surface area (TPSA) is 69.4 Å². The zero-order chi connectivity index (χ0) is 11.7. The normalized spacial score (nSPS) is 12.8. The van der Waals surface area contributed by atoms with Crippen LogP contribution in [0.5, 0.6) is 11.5 Å². The summed E-state index contributed by atoms with van der Waals surface area (Å²) in [5.41, 5.74) is 0.777. The zero-order valence-corrected chi connectivity index (χ0v) is 9.40. The van der Waals surface area contributed by atoms with Gasteiger partial charge in [0.25, 0.3) is 0 Å². The Hall–Kier alpha value is -1.95. The lowest BCUT2D eigenvalue weighted by Gasteiger charge is -2.02. The molecule has 88 valence electrons. The number of fused-ring (bicyclic) bond motifs is 1. The first-order chi connectivity index (χ1) is 8.35. The van der Waals surface area contributed by atoms with Crippen molar-refractivity contribution < 1.29 is 13.9 Å². The summed E-state index contributed by atoms with van der Waals surface area (Å²) >= 11 is 5.56. The van der Waals surface area contributed by atoms with Gasteiger partial charge < -0.3 is 19.2 Å². The fraction of sp³-hybridized carbons (Fsp3) is 0.200. The zero-order valence-electron chi connectivity index (χ0n) is 8.64. The molecule has 1 aromatic heterocycles. The molecule has 1 aliphatic rings. The summed E-state index contributed by atoms with van der Waals surface area (Å²) in [6, 6.07) is 5.73. The third-order valence-electron chi connectivity index (χ3n) is 2.21. The van der Waals surface area contributed by atoms with Crippen molar-refractivity contribution in [3.63, 3.8) is 0 Å². The summed E-state index contributed by atoms with van der Waals surface area (Å²) in [7, 11) is 0. The van der Waals surface area contributed by atoms with E-state index in [1.54, 1.807) is 6.07 Å². The predicted octanol–water partition coefficient (Wildman–Crippen LogP) is 2.28. The third-order valence-corrected chi connectivity index (χ3v) is 2.43. The van der Waals surface area contributed by atoms with Gasteiger partial charge in [-0.15, -0.1) is 16.7 Å². The first-order valence-corrected chi connectivity index (χ1v) is 5.43. The van der Waals surface area contributed by atoms with E-state index in [-0.39, 0.29) is 12.7 Å². The third kappa shape index (κ3) is 1.99. The number of aromatic nitrogens is 2. The smallest absolute Gasteiger partial charge is 0.320 e. The number of alkyl halides is 1. The van der Waals surface area contributed by atoms with E-state index in [2.05, 4.69) is 15.5 Å². The van der Waals surface area contributed by atoms with E-state index in [1.807, 2.05) is 12.1 Å². The van der Waals surface area contributed by atoms with Crippen molar-refractivity contribution in [1.82, 2.24) is 10.2 Å². The van der Waals surface area contributed by atoms with Gasteiger partial charge in [0.05, 0.1) is 0 Å². The van der Waals surface area contributed by atoms with E-state index >= 15 is 0 Å². The van der Waals surface area contributed by atoms with E-state index in [9.17, 15) is 0 Å². The van der Waals surface area contributed by atoms with Crippen molar-refractivity contribution in [2.24, 2.45) is 0 Å². The molecule has 2 heterocycles. The predicted molar refractivity (Wildman–Crippen MR) is 59.7 cm³/mol. The van der Waals surface area contributed by atoms with Crippen LogP contribution in [-0.4, -0.2) is 17.0 Å². The van der Waals surface area contributed by atoms with Gasteiger partial charge in [0.15, 0.2) is 11.5 Å². The minimum atomic E-state index is 0.190. The number of nitrogens with one attached hydrogen (secondary N) is 1. The molecule has 1 N–H and O–H groups in total. The van der Waals surface area contributed by atoms with Gasteiger partial charge in [-0.2, -0.15) is 0 Å². The van der Waals surface area contributed by atoms with E-state index in [0.29, 0.717) is 17.7 Å². The number of benzene rings is 1. The molecule has 0 radical (unpaired) electrons. The highest BCUT2D eigenvalue weighted by molar-refractivity contribution is 6.16. The quantitative estimate of drug-likeness (QED) is 0.847. The van der Waals surface area contributed by atoms with Crippen LogP contribution in [0.3, 0.4) is 0 Å². The molecule has 0 saturated heterocycles. The molecule has 0 unspecified atom stereocenters. The van der Waals surface area contributed by atoms with Crippen LogP contribution < -0.4 is 14.8 Å². The van der Waals surface area contributed by atoms with Crippen molar-refractivity contribution in [1.29, 1.82) is 0 Å². The summed E-state index contributed by atoms with van der Waals surface area (Å²) in [6.07, 6.45) is 0. The van der Waals surface area contributed by atoms with Gasteiger partial charge >= 0.3 is 6.01 Å². The Morgan fingerprint density at radius 1 is 1.24 bits per heavy atom. The molecule has 0 bridgehead atoms. The lowest BCUT2D eigenvalue weighted by Crippen LogP contribution is -1.93. The summed E-state index contributed by atoms with van der Waals surface area (Å²) in [6.45, 7) is 0.246. The highest BCUT2D eigenvalue weighted by Crippen LogP contribution is 2.34. The minimum absolute atomic E-state index is 0.190. The molecule has 0 fully saturated rings. The van der Waals surface area contributed by atoms with Crippen LogP contribution in [0.25, 0.3) is 0 Å². The first-order valence-electron chi connectivity index (χ1n) is 4.90. The molecule has 3 rings (SSSR count). The van der Waals surface area contributed by atoms with Crippen LogP contribution in [-0.2, 0) is 5.88 Å². The lowest BCUT2D eigenvalue weighted by molar-refractivity contribution is 0.174. The van der Waals surface area contributed by atoms with E-state index < -0.39 is 0 Å². The molecule has 0 amide bonds. The standard InChI is InChI=1S/C10H8ClN3O3/c11-4-9-13-14-10(17-9)12-6-1-2-7-8(3-6)16-5-15-7/h1-3H,4-5H2,(H,12,14). The maximum Gasteiger partial charge on any atom is 0.320 e. The van der Waals surface area contributed by atoms with Gasteiger partial charge in [-0.3, -0.25) is 0 Å². The Morgan fingerprint density at radius 3 is 2.94 bits per heavy atom. The second kappa shape index (κ2) is 4.14. The van der Waals surface area contributed by atoms with Crippen LogP contribution >= 0.6 is 11.6 Å². The number of ether oxygens (including phenoxy) is 2. The highest BCUT2D eigenvalue weighted by Gasteiger charge is 2.14. The maximum absolute atomic E-state index is 5.56. The van der Waals surface area contributed by atoms with E-state index in [1.165, 1.54) is 0 Å². The number of hydrogen-bond donors (Lipinski definition) is 1. The number of hydrogen-bond acceptors (Lipinski definition) is 6. The fourth-order valence-electron chi connectivity index (χ4n) is 1.46. The molecular formula is C10H8ClN3O3. The Morgan fingerprint density at radius 2 is 2.12 bits per heavy atom. The van der Waals surface area contributed by atoms with Crippen LogP contribution in [0, 0.1) is 0 Å². The van der Waals surface area contributed by atoms with Crippen LogP contribution in [0.15, 0.2) is 22.6 Å². The number of rotatable bonds is 3. The molecule has 0 saturated carbocycles. The van der Waals surface area contributed by atoms with Crippen LogP contribution in [0.2, 0.25) is 0 Å². The Balaban J connectivity index is 1.80. The van der Waals surface area contributed by atoms with Crippen molar-refractivity contribution >= 4 is 23.3 Å². The van der Waals surface area contributed by atoms with Gasteiger partial charge in [0, 0.05) is 11.8 Å². The van der Waals surface area contributed by atoms with Crippen molar-refractivity contribution in [3.8, 4) is 11.5 Å². The molecule has 1 aromatic carbocycles. The first kappa shape index (κ1) is 10.2.